The Balaban J connectivity index is 1.50. The van der Waals surface area contributed by atoms with Gasteiger partial charge in [0.15, 0.2) is 0 Å². The maximum atomic E-state index is 12.6. The van der Waals surface area contributed by atoms with Crippen LogP contribution in [-0.2, 0) is 22.6 Å². The van der Waals surface area contributed by atoms with Gasteiger partial charge < -0.3 is 9.64 Å². The van der Waals surface area contributed by atoms with E-state index in [-0.39, 0.29) is 12.0 Å². The fourth-order valence-corrected chi connectivity index (χ4v) is 3.09. The van der Waals surface area contributed by atoms with Gasteiger partial charge in [0, 0.05) is 39.1 Å². The first-order valence-corrected chi connectivity index (χ1v) is 8.71. The maximum absolute atomic E-state index is 12.6. The number of aryl methyl sites for hydroxylation is 1. The van der Waals surface area contributed by atoms with Crippen molar-refractivity contribution in [1.29, 1.82) is 0 Å². The summed E-state index contributed by atoms with van der Waals surface area (Å²) in [5, 5.41) is 4.22. The lowest BCUT2D eigenvalue weighted by atomic mass is 10.1. The Bertz CT molecular complexity index is 686. The number of likely N-dealkylation sites (N-methyl/N-ethyl adjacent to an activating group) is 1. The molecule has 0 N–H and O–H groups in total. The largest absolute Gasteiger partial charge is 0.374 e. The first kappa shape index (κ1) is 17.6. The molecule has 25 heavy (non-hydrogen) atoms. The van der Waals surface area contributed by atoms with Gasteiger partial charge in [-0.15, -0.1) is 0 Å². The molecule has 0 bridgehead atoms. The number of hydrogen-bond donors (Lipinski definition) is 0. The van der Waals surface area contributed by atoms with Gasteiger partial charge in [0.25, 0.3) is 0 Å². The molecule has 1 aromatic heterocycles. The molecule has 1 aliphatic heterocycles. The smallest absolute Gasteiger partial charge is 0.236 e. The van der Waals surface area contributed by atoms with E-state index in [0.29, 0.717) is 19.7 Å². The predicted molar refractivity (Wildman–Crippen MR) is 96.1 cm³/mol. The molecule has 0 spiro atoms. The van der Waals surface area contributed by atoms with Crippen molar-refractivity contribution in [3.05, 3.63) is 53.9 Å². The van der Waals surface area contributed by atoms with Crippen LogP contribution in [0.1, 0.15) is 11.1 Å². The van der Waals surface area contributed by atoms with E-state index >= 15 is 0 Å². The summed E-state index contributed by atoms with van der Waals surface area (Å²) >= 11 is 0. The summed E-state index contributed by atoms with van der Waals surface area (Å²) in [6.45, 7) is 6.07. The summed E-state index contributed by atoms with van der Waals surface area (Å²) in [5.41, 5.74) is 2.41. The third-order valence-electron chi connectivity index (χ3n) is 4.63. The summed E-state index contributed by atoms with van der Waals surface area (Å²) in [6, 6.07) is 10.1. The van der Waals surface area contributed by atoms with E-state index < -0.39 is 0 Å². The quantitative estimate of drug-likeness (QED) is 0.799. The van der Waals surface area contributed by atoms with Gasteiger partial charge in [-0.3, -0.25) is 14.4 Å². The van der Waals surface area contributed by atoms with E-state index in [4.69, 9.17) is 4.74 Å². The van der Waals surface area contributed by atoms with Crippen molar-refractivity contribution < 1.29 is 9.53 Å². The minimum Gasteiger partial charge on any atom is -0.374 e. The molecule has 1 atom stereocenters. The number of morpholine rings is 1. The van der Waals surface area contributed by atoms with Crippen molar-refractivity contribution in [2.24, 2.45) is 0 Å². The van der Waals surface area contributed by atoms with E-state index in [1.807, 2.05) is 36.1 Å². The summed E-state index contributed by atoms with van der Waals surface area (Å²) in [4.78, 5) is 16.6. The highest BCUT2D eigenvalue weighted by Crippen LogP contribution is 2.11. The molecule has 0 aliphatic carbocycles. The normalized spacial score (nSPS) is 18.2. The van der Waals surface area contributed by atoms with Gasteiger partial charge in [0.2, 0.25) is 5.91 Å². The van der Waals surface area contributed by atoms with E-state index in [1.54, 1.807) is 11.1 Å². The molecule has 1 fully saturated rings. The highest BCUT2D eigenvalue weighted by molar-refractivity contribution is 5.78. The topological polar surface area (TPSA) is 50.6 Å². The number of nitrogens with zero attached hydrogens (tertiary/aromatic N) is 4. The fourth-order valence-electron chi connectivity index (χ4n) is 3.09. The average Bonchev–Trinajstić information content (AvgIpc) is 3.10. The van der Waals surface area contributed by atoms with Gasteiger partial charge in [-0.25, -0.2) is 0 Å². The van der Waals surface area contributed by atoms with E-state index in [2.05, 4.69) is 29.1 Å². The zero-order chi connectivity index (χ0) is 17.6. The average molecular weight is 342 g/mol. The second-order valence-electron chi connectivity index (χ2n) is 6.63. The molecule has 1 saturated heterocycles. The Kier molecular flexibility index (Phi) is 5.83. The Labute approximate surface area is 149 Å². The number of ether oxygens (including phenoxy) is 1. The molecule has 2 heterocycles. The second-order valence-corrected chi connectivity index (χ2v) is 6.63. The zero-order valence-corrected chi connectivity index (χ0v) is 15.0. The van der Waals surface area contributed by atoms with Crippen molar-refractivity contribution >= 4 is 5.91 Å². The number of hydrogen-bond acceptors (Lipinski definition) is 4. The van der Waals surface area contributed by atoms with Gasteiger partial charge >= 0.3 is 0 Å². The van der Waals surface area contributed by atoms with Crippen LogP contribution in [0, 0.1) is 6.92 Å². The van der Waals surface area contributed by atoms with Crippen LogP contribution in [0.2, 0.25) is 0 Å². The van der Waals surface area contributed by atoms with Crippen LogP contribution >= 0.6 is 0 Å². The molecule has 1 amide bonds. The molecule has 3 rings (SSSR count). The van der Waals surface area contributed by atoms with E-state index in [1.165, 1.54) is 11.1 Å². The van der Waals surface area contributed by atoms with Gasteiger partial charge in [-0.2, -0.15) is 5.10 Å². The summed E-state index contributed by atoms with van der Waals surface area (Å²) in [5.74, 6) is 0.142. The van der Waals surface area contributed by atoms with Crippen LogP contribution in [0.25, 0.3) is 0 Å². The van der Waals surface area contributed by atoms with Crippen molar-refractivity contribution in [2.75, 3.05) is 33.3 Å². The highest BCUT2D eigenvalue weighted by atomic mass is 16.5. The molecular weight excluding hydrogens is 316 g/mol. The number of aromatic nitrogens is 2. The van der Waals surface area contributed by atoms with Crippen LogP contribution < -0.4 is 0 Å². The Morgan fingerprint density at radius 2 is 2.20 bits per heavy atom. The zero-order valence-electron chi connectivity index (χ0n) is 15.0. The van der Waals surface area contributed by atoms with Crippen molar-refractivity contribution in [3.8, 4) is 0 Å². The van der Waals surface area contributed by atoms with Crippen molar-refractivity contribution in [3.63, 3.8) is 0 Å². The lowest BCUT2D eigenvalue weighted by Gasteiger charge is -2.33. The number of carbonyl (C=O) groups is 1. The molecule has 2 aromatic rings. The Morgan fingerprint density at radius 1 is 1.36 bits per heavy atom. The maximum Gasteiger partial charge on any atom is 0.236 e. The monoisotopic (exact) mass is 342 g/mol. The molecule has 0 unspecified atom stereocenters. The van der Waals surface area contributed by atoms with Crippen LogP contribution in [0.5, 0.6) is 0 Å². The first-order valence-electron chi connectivity index (χ1n) is 8.71. The standard InChI is InChI=1S/C19H26N4O2/c1-16-6-3-4-7-17(16)12-21(2)19(24)15-22-10-11-25-18(13-22)14-23-9-5-8-20-23/h3-9,18H,10-15H2,1-2H3/t18-/m1/s1. The molecule has 0 saturated carbocycles. The second kappa shape index (κ2) is 8.27. The summed E-state index contributed by atoms with van der Waals surface area (Å²) in [6.07, 6.45) is 3.77. The fraction of sp³-hybridized carbons (Fsp3) is 0.474. The van der Waals surface area contributed by atoms with Crippen molar-refractivity contribution in [2.45, 2.75) is 26.1 Å². The minimum atomic E-state index is 0.0723. The van der Waals surface area contributed by atoms with Crippen LogP contribution in [-0.4, -0.2) is 64.9 Å². The van der Waals surface area contributed by atoms with Crippen LogP contribution in [0.4, 0.5) is 0 Å². The van der Waals surface area contributed by atoms with Gasteiger partial charge in [-0.1, -0.05) is 24.3 Å². The third-order valence-corrected chi connectivity index (χ3v) is 4.63. The lowest BCUT2D eigenvalue weighted by molar-refractivity contribution is -0.133. The van der Waals surface area contributed by atoms with Gasteiger partial charge in [-0.05, 0) is 24.1 Å². The molecule has 6 heteroatoms. The third kappa shape index (κ3) is 4.90. The SMILES string of the molecule is Cc1ccccc1CN(C)C(=O)CN1CCO[C@@H](Cn2cccn2)C1. The predicted octanol–water partition coefficient (Wildman–Crippen LogP) is 1.55. The van der Waals surface area contributed by atoms with Gasteiger partial charge in [0.1, 0.15) is 0 Å². The lowest BCUT2D eigenvalue weighted by Crippen LogP contribution is -2.48. The number of benzene rings is 1. The first-order chi connectivity index (χ1) is 12.1. The molecule has 134 valence electrons. The van der Waals surface area contributed by atoms with Crippen LogP contribution in [0.15, 0.2) is 42.7 Å². The molecule has 1 aromatic carbocycles. The molecule has 0 radical (unpaired) electrons. The van der Waals surface area contributed by atoms with Crippen LogP contribution in [0.3, 0.4) is 0 Å². The molecule has 1 aliphatic rings. The number of carbonyl (C=O) groups excluding carboxylic acids is 1. The minimum absolute atomic E-state index is 0.0723. The number of amides is 1. The Hall–Kier alpha value is -2.18. The van der Waals surface area contributed by atoms with Crippen molar-refractivity contribution in [1.82, 2.24) is 19.6 Å². The van der Waals surface area contributed by atoms with E-state index in [9.17, 15) is 4.79 Å². The molecule has 6 nitrogen and oxygen atoms in total. The molecular formula is C19H26N4O2. The summed E-state index contributed by atoms with van der Waals surface area (Å²) < 4.78 is 7.68. The van der Waals surface area contributed by atoms with E-state index in [0.717, 1.165) is 19.6 Å². The summed E-state index contributed by atoms with van der Waals surface area (Å²) in [7, 11) is 1.87. The Morgan fingerprint density at radius 3 is 2.96 bits per heavy atom. The highest BCUT2D eigenvalue weighted by Gasteiger charge is 2.23. The van der Waals surface area contributed by atoms with Gasteiger partial charge in [0.05, 0.1) is 25.8 Å². The number of rotatable bonds is 6.